The molecule has 2 N–H and O–H groups in total. The van der Waals surface area contributed by atoms with E-state index >= 15 is 0 Å². The zero-order valence-electron chi connectivity index (χ0n) is 15.6. The van der Waals surface area contributed by atoms with Crippen LogP contribution in [-0.4, -0.2) is 40.3 Å². The highest BCUT2D eigenvalue weighted by atomic mass is 35.5. The van der Waals surface area contributed by atoms with Gasteiger partial charge in [-0.3, -0.25) is 4.79 Å². The predicted molar refractivity (Wildman–Crippen MR) is 103 cm³/mol. The second-order valence-corrected chi connectivity index (χ2v) is 6.81. The minimum atomic E-state index is -0.166. The van der Waals surface area contributed by atoms with Crippen LogP contribution in [0, 0.1) is 6.92 Å². The largest absolute Gasteiger partial charge is 0.496 e. The molecule has 0 aliphatic rings. The molecule has 0 heterocycles. The first kappa shape index (κ1) is 20.1. The zero-order chi connectivity index (χ0) is 19.1. The number of carbonyl (C=O) groups is 1. The highest BCUT2D eigenvalue weighted by Gasteiger charge is 2.22. The van der Waals surface area contributed by atoms with Crippen LogP contribution in [0.3, 0.4) is 0 Å². The van der Waals surface area contributed by atoms with Crippen LogP contribution in [0.5, 0.6) is 11.5 Å². The molecule has 140 valence electrons. The molecule has 1 atom stereocenters. The van der Waals surface area contributed by atoms with Crippen molar-refractivity contribution >= 4 is 17.5 Å². The van der Waals surface area contributed by atoms with Gasteiger partial charge >= 0.3 is 0 Å². The lowest BCUT2D eigenvalue weighted by atomic mass is 10.0. The Morgan fingerprint density at radius 1 is 1.19 bits per heavy atom. The van der Waals surface area contributed by atoms with Gasteiger partial charge in [0.15, 0.2) is 6.61 Å². The van der Waals surface area contributed by atoms with Gasteiger partial charge < -0.3 is 19.7 Å². The minimum absolute atomic E-state index is 0.0378. The van der Waals surface area contributed by atoms with Crippen LogP contribution < -0.4 is 19.7 Å². The normalized spacial score (nSPS) is 11.9. The van der Waals surface area contributed by atoms with Crippen molar-refractivity contribution in [1.82, 2.24) is 5.32 Å². The molecule has 0 saturated carbocycles. The molecule has 0 radical (unpaired) electrons. The van der Waals surface area contributed by atoms with Gasteiger partial charge in [0.1, 0.15) is 17.5 Å². The number of halogens is 1. The Balaban J connectivity index is 1.95. The molecule has 0 aromatic heterocycles. The summed E-state index contributed by atoms with van der Waals surface area (Å²) in [6, 6.07) is 13.3. The molecule has 1 amide bonds. The maximum Gasteiger partial charge on any atom is 0.258 e. The third-order valence-electron chi connectivity index (χ3n) is 4.21. The van der Waals surface area contributed by atoms with Crippen LogP contribution in [0.25, 0.3) is 0 Å². The highest BCUT2D eigenvalue weighted by Crippen LogP contribution is 2.23. The van der Waals surface area contributed by atoms with Crippen molar-refractivity contribution in [3.05, 3.63) is 58.6 Å². The van der Waals surface area contributed by atoms with Gasteiger partial charge in [-0.25, -0.2) is 0 Å². The summed E-state index contributed by atoms with van der Waals surface area (Å²) in [7, 11) is 5.76. The smallest absolute Gasteiger partial charge is 0.258 e. The summed E-state index contributed by atoms with van der Waals surface area (Å²) < 4.78 is 11.0. The molecule has 2 rings (SSSR count). The third-order valence-corrected chi connectivity index (χ3v) is 4.45. The molecule has 26 heavy (non-hydrogen) atoms. The Kier molecular flexibility index (Phi) is 7.30. The number of quaternary nitrogens is 1. The lowest BCUT2D eigenvalue weighted by Gasteiger charge is -2.23. The van der Waals surface area contributed by atoms with Gasteiger partial charge in [0.05, 0.1) is 33.3 Å². The first-order valence-corrected chi connectivity index (χ1v) is 8.88. The molecule has 2 aromatic rings. The number of aryl methyl sites for hydroxylation is 1. The number of para-hydroxylation sites is 1. The van der Waals surface area contributed by atoms with Gasteiger partial charge in [-0.15, -0.1) is 0 Å². The van der Waals surface area contributed by atoms with Crippen LogP contribution in [0.2, 0.25) is 5.02 Å². The van der Waals surface area contributed by atoms with Crippen molar-refractivity contribution in [2.24, 2.45) is 0 Å². The van der Waals surface area contributed by atoms with Crippen LogP contribution in [-0.2, 0) is 4.79 Å². The summed E-state index contributed by atoms with van der Waals surface area (Å²) in [6.07, 6.45) is 0. The number of methoxy groups -OCH3 is 1. The first-order chi connectivity index (χ1) is 12.4. The van der Waals surface area contributed by atoms with Gasteiger partial charge in [-0.2, -0.15) is 0 Å². The summed E-state index contributed by atoms with van der Waals surface area (Å²) in [5.41, 5.74) is 1.96. The molecule has 0 spiro atoms. The van der Waals surface area contributed by atoms with Crippen LogP contribution >= 0.6 is 11.6 Å². The van der Waals surface area contributed by atoms with Crippen LogP contribution in [0.4, 0.5) is 0 Å². The maximum absolute atomic E-state index is 12.2. The number of rotatable bonds is 8. The SMILES string of the molecule is COc1ccccc1[C@H](CNC(=O)COc1ccc(Cl)cc1C)[NH+](C)C. The van der Waals surface area contributed by atoms with E-state index in [9.17, 15) is 4.79 Å². The minimum Gasteiger partial charge on any atom is -0.496 e. The number of ether oxygens (including phenoxy) is 2. The lowest BCUT2D eigenvalue weighted by molar-refractivity contribution is -0.890. The average molecular weight is 378 g/mol. The molecule has 0 bridgehead atoms. The molecule has 0 fully saturated rings. The van der Waals surface area contributed by atoms with Gasteiger partial charge in [0, 0.05) is 5.02 Å². The van der Waals surface area contributed by atoms with E-state index < -0.39 is 0 Å². The molecule has 2 aromatic carbocycles. The van der Waals surface area contributed by atoms with E-state index in [-0.39, 0.29) is 18.6 Å². The first-order valence-electron chi connectivity index (χ1n) is 8.51. The summed E-state index contributed by atoms with van der Waals surface area (Å²) in [4.78, 5) is 13.4. The Bertz CT molecular complexity index is 750. The number of nitrogens with one attached hydrogen (secondary N) is 2. The van der Waals surface area contributed by atoms with Crippen molar-refractivity contribution < 1.29 is 19.2 Å². The molecule has 5 nitrogen and oxygen atoms in total. The van der Waals surface area contributed by atoms with Gasteiger partial charge in [0.2, 0.25) is 0 Å². The fourth-order valence-electron chi connectivity index (χ4n) is 2.76. The molecule has 0 saturated heterocycles. The van der Waals surface area contributed by atoms with Crippen LogP contribution in [0.1, 0.15) is 17.2 Å². The molecule has 6 heteroatoms. The fraction of sp³-hybridized carbons (Fsp3) is 0.350. The molecular weight excluding hydrogens is 352 g/mol. The molecule has 0 aliphatic carbocycles. The van der Waals surface area contributed by atoms with E-state index in [2.05, 4.69) is 19.4 Å². The van der Waals surface area contributed by atoms with E-state index in [0.717, 1.165) is 16.9 Å². The lowest BCUT2D eigenvalue weighted by Crippen LogP contribution is -3.07. The van der Waals surface area contributed by atoms with Gasteiger partial charge in [0.25, 0.3) is 5.91 Å². The molecule has 0 unspecified atom stereocenters. The Labute approximate surface area is 159 Å². The fourth-order valence-corrected chi connectivity index (χ4v) is 2.99. The third kappa shape index (κ3) is 5.38. The monoisotopic (exact) mass is 377 g/mol. The van der Waals surface area contributed by atoms with Crippen molar-refractivity contribution in [2.45, 2.75) is 13.0 Å². The summed E-state index contributed by atoms with van der Waals surface area (Å²) in [5.74, 6) is 1.31. The van der Waals surface area contributed by atoms with Crippen molar-refractivity contribution in [3.8, 4) is 11.5 Å². The van der Waals surface area contributed by atoms with Crippen molar-refractivity contribution in [1.29, 1.82) is 0 Å². The maximum atomic E-state index is 12.2. The molecular formula is C20H26ClN2O3+. The van der Waals surface area contributed by atoms with E-state index in [1.165, 1.54) is 4.90 Å². The van der Waals surface area contributed by atoms with Crippen LogP contribution in [0.15, 0.2) is 42.5 Å². The molecule has 0 aliphatic heterocycles. The summed E-state index contributed by atoms with van der Waals surface area (Å²) in [5, 5.41) is 3.59. The second-order valence-electron chi connectivity index (χ2n) is 6.37. The van der Waals surface area contributed by atoms with E-state index in [0.29, 0.717) is 17.3 Å². The second kappa shape index (κ2) is 9.46. The Morgan fingerprint density at radius 3 is 2.58 bits per heavy atom. The van der Waals surface area contributed by atoms with E-state index in [1.54, 1.807) is 19.2 Å². The predicted octanol–water partition coefficient (Wildman–Crippen LogP) is 2.04. The number of benzene rings is 2. The van der Waals surface area contributed by atoms with Crippen molar-refractivity contribution in [3.63, 3.8) is 0 Å². The number of amides is 1. The standard InChI is InChI=1S/C20H25ClN2O3/c1-14-11-15(21)9-10-18(14)26-13-20(24)22-12-17(23(2)3)16-7-5-6-8-19(16)25-4/h5-11,17H,12-13H2,1-4H3,(H,22,24)/p+1/t17-/m0/s1. The topological polar surface area (TPSA) is 52.0 Å². The average Bonchev–Trinajstić information content (AvgIpc) is 2.61. The Hall–Kier alpha value is -2.24. The zero-order valence-corrected chi connectivity index (χ0v) is 16.4. The van der Waals surface area contributed by atoms with E-state index in [1.807, 2.05) is 37.3 Å². The number of hydrogen-bond donors (Lipinski definition) is 2. The summed E-state index contributed by atoms with van der Waals surface area (Å²) in [6.45, 7) is 2.35. The van der Waals surface area contributed by atoms with E-state index in [4.69, 9.17) is 21.1 Å². The quantitative estimate of drug-likeness (QED) is 0.740. The number of likely N-dealkylation sites (N-methyl/N-ethyl adjacent to an activating group) is 1. The van der Waals surface area contributed by atoms with Gasteiger partial charge in [-0.05, 0) is 42.8 Å². The number of carbonyl (C=O) groups excluding carboxylic acids is 1. The Morgan fingerprint density at radius 2 is 1.92 bits per heavy atom. The summed E-state index contributed by atoms with van der Waals surface area (Å²) >= 11 is 5.93. The number of hydrogen-bond acceptors (Lipinski definition) is 3. The van der Waals surface area contributed by atoms with Gasteiger partial charge in [-0.1, -0.05) is 23.7 Å². The highest BCUT2D eigenvalue weighted by molar-refractivity contribution is 6.30. The van der Waals surface area contributed by atoms with Crippen molar-refractivity contribution in [2.75, 3.05) is 34.4 Å².